The Morgan fingerprint density at radius 1 is 1.15 bits per heavy atom. The SMILES string of the molecule is CNc1c(O)ccc(C=Cc2ccccc2)c1[N+](=O)[O-]. The molecule has 2 aromatic carbocycles. The number of nitrogens with one attached hydrogen (secondary N) is 1. The third kappa shape index (κ3) is 2.77. The van der Waals surface area contributed by atoms with Crippen LogP contribution in [0.1, 0.15) is 11.1 Å². The first-order chi connectivity index (χ1) is 9.63. The molecule has 0 heterocycles. The van der Waals surface area contributed by atoms with E-state index in [9.17, 15) is 15.2 Å². The molecule has 20 heavy (non-hydrogen) atoms. The molecule has 0 aromatic heterocycles. The van der Waals surface area contributed by atoms with Crippen LogP contribution in [0.4, 0.5) is 11.4 Å². The Kier molecular flexibility index (Phi) is 4.00. The maximum absolute atomic E-state index is 11.2. The first-order valence-electron chi connectivity index (χ1n) is 6.04. The molecular formula is C15H14N2O3. The van der Waals surface area contributed by atoms with E-state index >= 15 is 0 Å². The molecule has 0 aliphatic rings. The molecule has 102 valence electrons. The van der Waals surface area contributed by atoms with Crippen LogP contribution in [0, 0.1) is 10.1 Å². The number of phenols is 1. The predicted octanol–water partition coefficient (Wildman–Crippen LogP) is 3.51. The van der Waals surface area contributed by atoms with Gasteiger partial charge in [0.1, 0.15) is 5.75 Å². The summed E-state index contributed by atoms with van der Waals surface area (Å²) in [6, 6.07) is 12.5. The summed E-state index contributed by atoms with van der Waals surface area (Å²) >= 11 is 0. The number of phenolic OH excluding ortho intramolecular Hbond substituents is 1. The number of nitro groups is 1. The predicted molar refractivity (Wildman–Crippen MR) is 79.7 cm³/mol. The van der Waals surface area contributed by atoms with Crippen molar-refractivity contribution in [3.8, 4) is 5.75 Å². The van der Waals surface area contributed by atoms with E-state index in [0.717, 1.165) is 5.56 Å². The number of hydrogen-bond donors (Lipinski definition) is 2. The van der Waals surface area contributed by atoms with Gasteiger partial charge in [0, 0.05) is 7.05 Å². The van der Waals surface area contributed by atoms with Crippen molar-refractivity contribution in [2.45, 2.75) is 0 Å². The summed E-state index contributed by atoms with van der Waals surface area (Å²) in [4.78, 5) is 10.7. The number of hydrogen-bond acceptors (Lipinski definition) is 4. The van der Waals surface area contributed by atoms with Crippen molar-refractivity contribution in [1.82, 2.24) is 0 Å². The van der Waals surface area contributed by atoms with Gasteiger partial charge in [-0.25, -0.2) is 0 Å². The summed E-state index contributed by atoms with van der Waals surface area (Å²) in [6.07, 6.45) is 3.45. The Hall–Kier alpha value is -2.82. The molecule has 5 nitrogen and oxygen atoms in total. The van der Waals surface area contributed by atoms with Crippen LogP contribution in [0.5, 0.6) is 5.75 Å². The smallest absolute Gasteiger partial charge is 0.303 e. The fourth-order valence-electron chi connectivity index (χ4n) is 1.92. The summed E-state index contributed by atoms with van der Waals surface area (Å²) in [5, 5.41) is 23.5. The Bertz CT molecular complexity index is 652. The van der Waals surface area contributed by atoms with Crippen molar-refractivity contribution < 1.29 is 10.0 Å². The standard InChI is InChI=1S/C15H14N2O3/c1-16-14-13(18)10-9-12(15(14)17(19)20)8-7-11-5-3-2-4-6-11/h2-10,16,18H,1H3. The van der Waals surface area contributed by atoms with Gasteiger partial charge >= 0.3 is 5.69 Å². The number of anilines is 1. The summed E-state index contributed by atoms with van der Waals surface area (Å²) in [5.74, 6) is -0.143. The molecule has 0 saturated carbocycles. The fraction of sp³-hybridized carbons (Fsp3) is 0.0667. The number of nitrogens with zero attached hydrogens (tertiary/aromatic N) is 1. The Morgan fingerprint density at radius 3 is 2.45 bits per heavy atom. The second kappa shape index (κ2) is 5.88. The van der Waals surface area contributed by atoms with Gasteiger partial charge in [-0.15, -0.1) is 0 Å². The Labute approximate surface area is 116 Å². The lowest BCUT2D eigenvalue weighted by molar-refractivity contribution is -0.384. The molecule has 0 spiro atoms. The van der Waals surface area contributed by atoms with Crippen LogP contribution in [0.15, 0.2) is 42.5 Å². The van der Waals surface area contributed by atoms with Gasteiger partial charge in [-0.3, -0.25) is 10.1 Å². The molecule has 0 aliphatic heterocycles. The highest BCUT2D eigenvalue weighted by Gasteiger charge is 2.20. The van der Waals surface area contributed by atoms with E-state index in [1.54, 1.807) is 12.2 Å². The number of benzene rings is 2. The van der Waals surface area contributed by atoms with Crippen molar-refractivity contribution in [2.24, 2.45) is 0 Å². The summed E-state index contributed by atoms with van der Waals surface area (Å²) in [7, 11) is 1.53. The largest absolute Gasteiger partial charge is 0.506 e. The minimum atomic E-state index is -0.504. The summed E-state index contributed by atoms with van der Waals surface area (Å²) in [5.41, 5.74) is 1.35. The lowest BCUT2D eigenvalue weighted by atomic mass is 10.1. The molecule has 0 bridgehead atoms. The zero-order chi connectivity index (χ0) is 14.5. The van der Waals surface area contributed by atoms with E-state index in [0.29, 0.717) is 5.56 Å². The monoisotopic (exact) mass is 270 g/mol. The van der Waals surface area contributed by atoms with E-state index in [1.165, 1.54) is 19.2 Å². The van der Waals surface area contributed by atoms with Gasteiger partial charge in [0.05, 0.1) is 10.5 Å². The normalized spacial score (nSPS) is 10.7. The number of nitro benzene ring substituents is 1. The molecule has 0 atom stereocenters. The van der Waals surface area contributed by atoms with E-state index < -0.39 is 4.92 Å². The zero-order valence-electron chi connectivity index (χ0n) is 10.9. The van der Waals surface area contributed by atoms with Gasteiger partial charge in [0.15, 0.2) is 5.69 Å². The number of rotatable bonds is 4. The van der Waals surface area contributed by atoms with Crippen LogP contribution in [-0.2, 0) is 0 Å². The average Bonchev–Trinajstić information content (AvgIpc) is 2.46. The highest BCUT2D eigenvalue weighted by molar-refractivity contribution is 5.82. The quantitative estimate of drug-likeness (QED) is 0.386. The third-order valence-corrected chi connectivity index (χ3v) is 2.87. The second-order valence-electron chi connectivity index (χ2n) is 4.15. The molecule has 0 aliphatic carbocycles. The van der Waals surface area contributed by atoms with Gasteiger partial charge in [0.2, 0.25) is 0 Å². The summed E-state index contributed by atoms with van der Waals surface area (Å²) < 4.78 is 0. The molecule has 2 N–H and O–H groups in total. The highest BCUT2D eigenvalue weighted by Crippen LogP contribution is 2.37. The lowest BCUT2D eigenvalue weighted by Gasteiger charge is -2.07. The van der Waals surface area contributed by atoms with Gasteiger partial charge in [-0.1, -0.05) is 36.4 Å². The minimum absolute atomic E-state index is 0.116. The molecular weight excluding hydrogens is 256 g/mol. The average molecular weight is 270 g/mol. The van der Waals surface area contributed by atoms with Crippen molar-refractivity contribution in [1.29, 1.82) is 0 Å². The van der Waals surface area contributed by atoms with Crippen molar-refractivity contribution in [3.05, 3.63) is 63.7 Å². The molecule has 0 unspecified atom stereocenters. The van der Waals surface area contributed by atoms with Crippen LogP contribution in [0.3, 0.4) is 0 Å². The molecule has 2 aromatic rings. The molecule has 0 amide bonds. The molecule has 2 rings (SSSR count). The molecule has 0 fully saturated rings. The second-order valence-corrected chi connectivity index (χ2v) is 4.15. The molecule has 5 heteroatoms. The van der Waals surface area contributed by atoms with Crippen molar-refractivity contribution >= 4 is 23.5 Å². The zero-order valence-corrected chi connectivity index (χ0v) is 10.9. The van der Waals surface area contributed by atoms with Gasteiger partial charge in [-0.2, -0.15) is 0 Å². The van der Waals surface area contributed by atoms with Gasteiger partial charge < -0.3 is 10.4 Å². The topological polar surface area (TPSA) is 75.4 Å². The maximum atomic E-state index is 11.2. The number of aromatic hydroxyl groups is 1. The fourth-order valence-corrected chi connectivity index (χ4v) is 1.92. The van der Waals surface area contributed by atoms with Crippen molar-refractivity contribution in [3.63, 3.8) is 0 Å². The van der Waals surface area contributed by atoms with E-state index in [1.807, 2.05) is 30.3 Å². The van der Waals surface area contributed by atoms with E-state index in [-0.39, 0.29) is 17.1 Å². The molecule has 0 radical (unpaired) electrons. The van der Waals surface area contributed by atoms with E-state index in [4.69, 9.17) is 0 Å². The lowest BCUT2D eigenvalue weighted by Crippen LogP contribution is -1.99. The highest BCUT2D eigenvalue weighted by atomic mass is 16.6. The van der Waals surface area contributed by atoms with Crippen LogP contribution in [-0.4, -0.2) is 17.1 Å². The van der Waals surface area contributed by atoms with Crippen LogP contribution in [0.2, 0.25) is 0 Å². The third-order valence-electron chi connectivity index (χ3n) is 2.87. The Balaban J connectivity index is 2.47. The van der Waals surface area contributed by atoms with Gasteiger partial charge in [-0.05, 0) is 23.8 Å². The van der Waals surface area contributed by atoms with Crippen LogP contribution < -0.4 is 5.32 Å². The minimum Gasteiger partial charge on any atom is -0.506 e. The molecule has 0 saturated heterocycles. The first kappa shape index (κ1) is 13.6. The van der Waals surface area contributed by atoms with Crippen molar-refractivity contribution in [2.75, 3.05) is 12.4 Å². The summed E-state index contributed by atoms with van der Waals surface area (Å²) in [6.45, 7) is 0. The van der Waals surface area contributed by atoms with Crippen LogP contribution in [0.25, 0.3) is 12.2 Å². The first-order valence-corrected chi connectivity index (χ1v) is 6.04. The Morgan fingerprint density at radius 2 is 1.85 bits per heavy atom. The maximum Gasteiger partial charge on any atom is 0.303 e. The van der Waals surface area contributed by atoms with Crippen LogP contribution >= 0.6 is 0 Å². The van der Waals surface area contributed by atoms with Gasteiger partial charge in [0.25, 0.3) is 0 Å². The van der Waals surface area contributed by atoms with E-state index in [2.05, 4.69) is 5.32 Å².